The second-order valence-corrected chi connectivity index (χ2v) is 6.98. The largest absolute Gasteiger partial charge is 0.480 e. The van der Waals surface area contributed by atoms with Gasteiger partial charge < -0.3 is 5.11 Å². The highest BCUT2D eigenvalue weighted by atomic mass is 32.2. The van der Waals surface area contributed by atoms with Crippen molar-refractivity contribution < 1.29 is 18.3 Å². The van der Waals surface area contributed by atoms with Crippen LogP contribution in [0.5, 0.6) is 0 Å². The van der Waals surface area contributed by atoms with E-state index in [2.05, 4.69) is 0 Å². The minimum Gasteiger partial charge on any atom is -0.480 e. The Morgan fingerprint density at radius 1 is 1.20 bits per heavy atom. The van der Waals surface area contributed by atoms with E-state index in [0.717, 1.165) is 4.31 Å². The van der Waals surface area contributed by atoms with Crippen LogP contribution in [0.2, 0.25) is 0 Å². The van der Waals surface area contributed by atoms with Gasteiger partial charge in [-0.25, -0.2) is 0 Å². The lowest BCUT2D eigenvalue weighted by atomic mass is 10.1. The Morgan fingerprint density at radius 2 is 1.80 bits per heavy atom. The molecule has 0 saturated carbocycles. The zero-order valence-electron chi connectivity index (χ0n) is 11.5. The van der Waals surface area contributed by atoms with Crippen LogP contribution in [0.3, 0.4) is 0 Å². The Labute approximate surface area is 118 Å². The number of rotatable bonds is 3. The van der Waals surface area contributed by atoms with Crippen molar-refractivity contribution in [2.24, 2.45) is 0 Å². The van der Waals surface area contributed by atoms with E-state index in [4.69, 9.17) is 0 Å². The number of hydrogen-bond acceptors (Lipinski definition) is 3. The van der Waals surface area contributed by atoms with Crippen molar-refractivity contribution in [3.63, 3.8) is 0 Å². The van der Waals surface area contributed by atoms with Crippen LogP contribution in [-0.2, 0) is 15.0 Å². The summed E-state index contributed by atoms with van der Waals surface area (Å²) in [6, 6.07) is 8.72. The van der Waals surface area contributed by atoms with Gasteiger partial charge in [0.2, 0.25) is 0 Å². The van der Waals surface area contributed by atoms with Gasteiger partial charge in [-0.2, -0.15) is 12.7 Å². The van der Waals surface area contributed by atoms with Crippen molar-refractivity contribution in [2.45, 2.75) is 25.8 Å². The zero-order valence-corrected chi connectivity index (χ0v) is 12.3. The number of carboxylic acid groups (broad SMARTS) is 1. The van der Waals surface area contributed by atoms with Crippen molar-refractivity contribution in [3.05, 3.63) is 30.3 Å². The van der Waals surface area contributed by atoms with E-state index in [-0.39, 0.29) is 6.54 Å². The highest BCUT2D eigenvalue weighted by Gasteiger charge is 2.46. The average molecular weight is 298 g/mol. The molecule has 1 heterocycles. The minimum absolute atomic E-state index is 0.213. The van der Waals surface area contributed by atoms with E-state index >= 15 is 0 Å². The third-order valence-corrected chi connectivity index (χ3v) is 5.62. The Morgan fingerprint density at radius 3 is 2.35 bits per heavy atom. The molecule has 7 heteroatoms. The van der Waals surface area contributed by atoms with Gasteiger partial charge in [0, 0.05) is 13.1 Å². The van der Waals surface area contributed by atoms with Gasteiger partial charge in [0.25, 0.3) is 0 Å². The summed E-state index contributed by atoms with van der Waals surface area (Å²) < 4.78 is 27.6. The van der Waals surface area contributed by atoms with Crippen LogP contribution in [0.1, 0.15) is 20.3 Å². The number of anilines is 1. The van der Waals surface area contributed by atoms with E-state index in [1.54, 1.807) is 30.3 Å². The molecule has 0 amide bonds. The fourth-order valence-corrected chi connectivity index (χ4v) is 4.24. The maximum Gasteiger partial charge on any atom is 0.324 e. The first kappa shape index (κ1) is 14.8. The molecule has 0 spiro atoms. The first-order chi connectivity index (χ1) is 9.28. The van der Waals surface area contributed by atoms with Crippen LogP contribution in [0.4, 0.5) is 5.69 Å². The highest BCUT2D eigenvalue weighted by Crippen LogP contribution is 2.29. The Balaban J connectivity index is 2.43. The van der Waals surface area contributed by atoms with Crippen LogP contribution in [-0.4, -0.2) is 42.4 Å². The van der Waals surface area contributed by atoms with Gasteiger partial charge in [0.1, 0.15) is 5.54 Å². The summed E-state index contributed by atoms with van der Waals surface area (Å²) in [4.78, 5) is 11.3. The molecule has 2 rings (SSSR count). The third kappa shape index (κ3) is 2.38. The zero-order chi connectivity index (χ0) is 15.0. The number of nitrogens with zero attached hydrogens (tertiary/aromatic N) is 2. The van der Waals surface area contributed by atoms with Gasteiger partial charge in [-0.1, -0.05) is 18.2 Å². The molecule has 110 valence electrons. The lowest BCUT2D eigenvalue weighted by Gasteiger charge is -2.41. The monoisotopic (exact) mass is 298 g/mol. The average Bonchev–Trinajstić information content (AvgIpc) is 2.38. The number of benzene rings is 1. The van der Waals surface area contributed by atoms with Crippen LogP contribution in [0.15, 0.2) is 30.3 Å². The molecule has 1 N–H and O–H groups in total. The molecule has 0 aromatic heterocycles. The summed E-state index contributed by atoms with van der Waals surface area (Å²) >= 11 is 0. The van der Waals surface area contributed by atoms with Gasteiger partial charge in [-0.05, 0) is 32.4 Å². The number of carbonyl (C=O) groups is 1. The number of para-hydroxylation sites is 1. The van der Waals surface area contributed by atoms with Gasteiger partial charge in [-0.3, -0.25) is 9.10 Å². The third-order valence-electron chi connectivity index (χ3n) is 3.47. The Hall–Kier alpha value is -1.60. The molecule has 1 fully saturated rings. The molecule has 0 bridgehead atoms. The fourth-order valence-electron chi connectivity index (χ4n) is 2.24. The molecule has 1 aliphatic heterocycles. The molecule has 1 aromatic rings. The predicted octanol–water partition coefficient (Wildman–Crippen LogP) is 1.31. The smallest absolute Gasteiger partial charge is 0.324 e. The molecule has 6 nitrogen and oxygen atoms in total. The standard InChI is InChI=1S/C13H18N2O4S/c1-13(2,12(16)17)15-10-6-9-14(20(15,18)19)11-7-4-3-5-8-11/h3-5,7-8H,6,9-10H2,1-2H3,(H,16,17). The summed E-state index contributed by atoms with van der Waals surface area (Å²) in [5.41, 5.74) is -0.912. The Bertz CT molecular complexity index is 598. The number of carboxylic acids is 1. The van der Waals surface area contributed by atoms with Crippen LogP contribution < -0.4 is 4.31 Å². The number of hydrogen-bond donors (Lipinski definition) is 1. The summed E-state index contributed by atoms with van der Waals surface area (Å²) in [6.45, 7) is 3.38. The maximum absolute atomic E-state index is 12.7. The first-order valence-corrected chi connectivity index (χ1v) is 7.76. The topological polar surface area (TPSA) is 77.9 Å². The molecular weight excluding hydrogens is 280 g/mol. The van der Waals surface area contributed by atoms with Gasteiger partial charge in [0.05, 0.1) is 5.69 Å². The fraction of sp³-hybridized carbons (Fsp3) is 0.462. The van der Waals surface area contributed by atoms with Crippen LogP contribution in [0, 0.1) is 0 Å². The van der Waals surface area contributed by atoms with Crippen molar-refractivity contribution in [3.8, 4) is 0 Å². The molecule has 0 radical (unpaired) electrons. The lowest BCUT2D eigenvalue weighted by Crippen LogP contribution is -2.60. The van der Waals surface area contributed by atoms with Crippen LogP contribution in [0.25, 0.3) is 0 Å². The van der Waals surface area contributed by atoms with E-state index in [1.807, 2.05) is 0 Å². The van der Waals surface area contributed by atoms with Crippen LogP contribution >= 0.6 is 0 Å². The molecule has 0 aliphatic carbocycles. The molecular formula is C13H18N2O4S. The van der Waals surface area contributed by atoms with Gasteiger partial charge >= 0.3 is 16.2 Å². The lowest BCUT2D eigenvalue weighted by molar-refractivity contribution is -0.146. The minimum atomic E-state index is -3.83. The second kappa shape index (κ2) is 5.06. The SMILES string of the molecule is CC(C)(C(=O)O)N1CCCN(c2ccccc2)S1(=O)=O. The van der Waals surface area contributed by atoms with Gasteiger partial charge in [0.15, 0.2) is 0 Å². The normalized spacial score (nSPS) is 19.8. The van der Waals surface area contributed by atoms with Crippen molar-refractivity contribution in [1.29, 1.82) is 0 Å². The van der Waals surface area contributed by atoms with Crippen molar-refractivity contribution >= 4 is 21.9 Å². The van der Waals surface area contributed by atoms with Crippen molar-refractivity contribution in [2.75, 3.05) is 17.4 Å². The maximum atomic E-state index is 12.7. The number of aliphatic carboxylic acids is 1. The second-order valence-electron chi connectivity index (χ2n) is 5.21. The molecule has 20 heavy (non-hydrogen) atoms. The van der Waals surface area contributed by atoms with E-state index in [1.165, 1.54) is 18.2 Å². The molecule has 0 unspecified atom stereocenters. The predicted molar refractivity (Wildman–Crippen MR) is 75.7 cm³/mol. The highest BCUT2D eigenvalue weighted by molar-refractivity contribution is 7.90. The quantitative estimate of drug-likeness (QED) is 0.912. The summed E-state index contributed by atoms with van der Waals surface area (Å²) in [5.74, 6) is -1.16. The van der Waals surface area contributed by atoms with E-state index in [9.17, 15) is 18.3 Å². The molecule has 1 aliphatic rings. The summed E-state index contributed by atoms with van der Waals surface area (Å²) in [5, 5.41) is 9.26. The van der Waals surface area contributed by atoms with E-state index in [0.29, 0.717) is 18.7 Å². The molecule has 1 saturated heterocycles. The molecule has 0 atom stereocenters. The summed E-state index contributed by atoms with van der Waals surface area (Å²) in [7, 11) is -3.83. The first-order valence-electron chi connectivity index (χ1n) is 6.37. The van der Waals surface area contributed by atoms with E-state index < -0.39 is 21.7 Å². The van der Waals surface area contributed by atoms with Gasteiger partial charge in [-0.15, -0.1) is 0 Å². The Kier molecular flexibility index (Phi) is 3.75. The van der Waals surface area contributed by atoms with Crippen molar-refractivity contribution in [1.82, 2.24) is 4.31 Å². The molecule has 1 aromatic carbocycles. The summed E-state index contributed by atoms with van der Waals surface area (Å²) in [6.07, 6.45) is 0.588.